The van der Waals surface area contributed by atoms with Crippen LogP contribution in [0.3, 0.4) is 0 Å². The maximum Gasteiger partial charge on any atom is 0.0629 e. The van der Waals surface area contributed by atoms with Gasteiger partial charge in [-0.3, -0.25) is 0 Å². The molecule has 3 heteroatoms. The lowest BCUT2D eigenvalue weighted by atomic mass is 10.1. The second kappa shape index (κ2) is 10.8. The van der Waals surface area contributed by atoms with E-state index in [0.29, 0.717) is 5.56 Å². The number of fused-ring (bicyclic) bond motifs is 9. The largest absolute Gasteiger partial charge is 0.309 e. The molecule has 0 saturated carbocycles. The monoisotopic (exact) mass is 652 g/mol. The first-order chi connectivity index (χ1) is 26.5. The Hall–Kier alpha value is -6.84. The molecule has 0 aliphatic rings. The maximum absolute atomic E-state index is 8.66. The summed E-state index contributed by atoms with van der Waals surface area (Å²) in [4.78, 5) is 0. The van der Waals surface area contributed by atoms with E-state index < -0.39 is 0 Å². The minimum atomic E-state index is 0.172. The van der Waals surface area contributed by atoms with Crippen LogP contribution >= 0.6 is 0 Å². The van der Waals surface area contributed by atoms with Crippen LogP contribution in [-0.2, 0) is 0 Å². The average Bonchev–Trinajstić information content (AvgIpc) is 3.83. The third-order valence-corrected chi connectivity index (χ3v) is 10.4. The molecule has 0 amide bonds. The number of para-hydroxylation sites is 4. The standard InChI is InChI=1S/C48H31N3/c1-2-13-32(14-3-1)33-15-12-16-34(29-33)49-47-27-25-35(50-43-21-8-4-17-37(43)38-18-5-9-22-44(38)50)30-41(47)42-31-36(26-28-48(42)49)51-45-23-10-6-19-39(45)40-20-7-11-24-46(40)51/h1-31H/i1D,13D,14D. The smallest absolute Gasteiger partial charge is 0.0629 e. The van der Waals surface area contributed by atoms with Crippen molar-refractivity contribution in [2.24, 2.45) is 0 Å². The number of hydrogen-bond acceptors (Lipinski definition) is 0. The fourth-order valence-electron chi connectivity index (χ4n) is 8.24. The van der Waals surface area contributed by atoms with Gasteiger partial charge in [0.1, 0.15) is 0 Å². The lowest BCUT2D eigenvalue weighted by Crippen LogP contribution is -1.96. The van der Waals surface area contributed by atoms with Crippen molar-refractivity contribution in [3.05, 3.63) is 188 Å². The van der Waals surface area contributed by atoms with Crippen molar-refractivity contribution in [2.45, 2.75) is 0 Å². The lowest BCUT2D eigenvalue weighted by Gasteiger charge is -2.12. The molecule has 0 atom stereocenters. The van der Waals surface area contributed by atoms with Crippen molar-refractivity contribution >= 4 is 65.4 Å². The van der Waals surface area contributed by atoms with E-state index in [4.69, 9.17) is 4.11 Å². The summed E-state index contributed by atoms with van der Waals surface area (Å²) in [7, 11) is 0. The molecule has 51 heavy (non-hydrogen) atoms. The highest BCUT2D eigenvalue weighted by Gasteiger charge is 2.19. The van der Waals surface area contributed by atoms with Crippen molar-refractivity contribution < 1.29 is 4.11 Å². The minimum absolute atomic E-state index is 0.172. The SMILES string of the molecule is [2H]c1cc([2H])c(-c2cccc(-n3c4ccc(-n5c6ccccc6c6ccccc65)cc4c4cc(-n5c6ccccc6c6ccccc65)ccc43)c2)c([2H])c1. The Morgan fingerprint density at radius 2 is 0.686 bits per heavy atom. The van der Waals surface area contributed by atoms with Gasteiger partial charge in [-0.2, -0.15) is 0 Å². The molecule has 3 aromatic heterocycles. The molecule has 3 nitrogen and oxygen atoms in total. The van der Waals surface area contributed by atoms with Crippen molar-refractivity contribution in [1.82, 2.24) is 13.7 Å². The van der Waals surface area contributed by atoms with Crippen LogP contribution in [-0.4, -0.2) is 13.7 Å². The summed E-state index contributed by atoms with van der Waals surface area (Å²) in [6.07, 6.45) is 0. The average molecular weight is 653 g/mol. The maximum atomic E-state index is 8.66. The van der Waals surface area contributed by atoms with E-state index in [2.05, 4.69) is 159 Å². The van der Waals surface area contributed by atoms with Crippen LogP contribution in [0.5, 0.6) is 0 Å². The van der Waals surface area contributed by atoms with E-state index in [9.17, 15) is 0 Å². The van der Waals surface area contributed by atoms with Crippen LogP contribution in [0.25, 0.3) is 93.6 Å². The molecule has 0 unspecified atom stereocenters. The molecule has 0 fully saturated rings. The second-order valence-corrected chi connectivity index (χ2v) is 13.1. The van der Waals surface area contributed by atoms with Crippen LogP contribution < -0.4 is 0 Å². The number of rotatable bonds is 4. The third-order valence-electron chi connectivity index (χ3n) is 10.4. The molecule has 8 aromatic carbocycles. The first-order valence-electron chi connectivity index (χ1n) is 18.8. The van der Waals surface area contributed by atoms with Gasteiger partial charge in [0.15, 0.2) is 0 Å². The van der Waals surface area contributed by atoms with Gasteiger partial charge < -0.3 is 13.7 Å². The molecule has 238 valence electrons. The van der Waals surface area contributed by atoms with E-state index >= 15 is 0 Å². The predicted octanol–water partition coefficient (Wildman–Crippen LogP) is 12.6. The highest BCUT2D eigenvalue weighted by Crippen LogP contribution is 2.39. The predicted molar refractivity (Wildman–Crippen MR) is 215 cm³/mol. The summed E-state index contributed by atoms with van der Waals surface area (Å²) in [5.41, 5.74) is 11.2. The lowest BCUT2D eigenvalue weighted by molar-refractivity contribution is 1.16. The molecule has 0 aliphatic heterocycles. The Labute approximate surface area is 298 Å². The van der Waals surface area contributed by atoms with Gasteiger partial charge in [0.25, 0.3) is 0 Å². The molecule has 0 aliphatic carbocycles. The van der Waals surface area contributed by atoms with Gasteiger partial charge in [-0.1, -0.05) is 115 Å². The summed E-state index contributed by atoms with van der Waals surface area (Å²) in [5, 5.41) is 7.14. The van der Waals surface area contributed by atoms with Crippen molar-refractivity contribution in [1.29, 1.82) is 0 Å². The van der Waals surface area contributed by atoms with E-state index in [1.165, 1.54) is 33.7 Å². The van der Waals surface area contributed by atoms with Crippen molar-refractivity contribution in [2.75, 3.05) is 0 Å². The van der Waals surface area contributed by atoms with Crippen LogP contribution in [0.1, 0.15) is 4.11 Å². The van der Waals surface area contributed by atoms with Gasteiger partial charge in [0, 0.05) is 49.4 Å². The fraction of sp³-hybridized carbons (Fsp3) is 0. The van der Waals surface area contributed by atoms with Crippen LogP contribution in [0, 0.1) is 0 Å². The Kier molecular flexibility index (Phi) is 5.35. The highest BCUT2D eigenvalue weighted by atomic mass is 15.0. The van der Waals surface area contributed by atoms with Crippen molar-refractivity contribution in [3.63, 3.8) is 0 Å². The topological polar surface area (TPSA) is 14.8 Å². The van der Waals surface area contributed by atoms with Gasteiger partial charge in [0.05, 0.1) is 37.2 Å². The molecule has 0 saturated heterocycles. The zero-order valence-electron chi connectivity index (χ0n) is 30.5. The molecule has 11 rings (SSSR count). The van der Waals surface area contributed by atoms with Gasteiger partial charge in [0.2, 0.25) is 0 Å². The van der Waals surface area contributed by atoms with Crippen LogP contribution in [0.4, 0.5) is 0 Å². The Morgan fingerprint density at radius 3 is 1.14 bits per heavy atom. The molecule has 0 spiro atoms. The Morgan fingerprint density at radius 1 is 0.294 bits per heavy atom. The Balaban J connectivity index is 1.21. The zero-order valence-corrected chi connectivity index (χ0v) is 27.5. The number of aromatic nitrogens is 3. The normalized spacial score (nSPS) is 12.7. The number of benzene rings is 8. The summed E-state index contributed by atoms with van der Waals surface area (Å²) >= 11 is 0. The van der Waals surface area contributed by atoms with E-state index in [0.717, 1.165) is 66.5 Å². The van der Waals surface area contributed by atoms with E-state index in [1.807, 2.05) is 12.1 Å². The molecule has 0 radical (unpaired) electrons. The van der Waals surface area contributed by atoms with Crippen LogP contribution in [0.15, 0.2) is 188 Å². The fourth-order valence-corrected chi connectivity index (χ4v) is 8.24. The van der Waals surface area contributed by atoms with Gasteiger partial charge in [-0.15, -0.1) is 0 Å². The molecular formula is C48H31N3. The zero-order chi connectivity index (χ0) is 36.1. The van der Waals surface area contributed by atoms with Gasteiger partial charge >= 0.3 is 0 Å². The number of nitrogens with zero attached hydrogens (tertiary/aromatic N) is 3. The minimum Gasteiger partial charge on any atom is -0.309 e. The third kappa shape index (κ3) is 4.12. The number of hydrogen-bond donors (Lipinski definition) is 0. The molecule has 11 aromatic rings. The van der Waals surface area contributed by atoms with E-state index in [1.54, 1.807) is 0 Å². The summed E-state index contributed by atoms with van der Waals surface area (Å²) < 4.78 is 32.4. The molecular weight excluding hydrogens is 619 g/mol. The second-order valence-electron chi connectivity index (χ2n) is 13.1. The summed E-state index contributed by atoms with van der Waals surface area (Å²) in [5.74, 6) is 0. The summed E-state index contributed by atoms with van der Waals surface area (Å²) in [6, 6.07) is 59.6. The Bertz CT molecular complexity index is 3030. The van der Waals surface area contributed by atoms with Crippen LogP contribution in [0.2, 0.25) is 0 Å². The van der Waals surface area contributed by atoms with Gasteiger partial charge in [-0.25, -0.2) is 0 Å². The molecule has 0 bridgehead atoms. The van der Waals surface area contributed by atoms with E-state index in [-0.39, 0.29) is 18.1 Å². The first kappa shape index (κ1) is 25.2. The molecule has 0 N–H and O–H groups in total. The quantitative estimate of drug-likeness (QED) is 0.180. The first-order valence-corrected chi connectivity index (χ1v) is 17.3. The highest BCUT2D eigenvalue weighted by molar-refractivity contribution is 6.14. The summed E-state index contributed by atoms with van der Waals surface area (Å²) in [6.45, 7) is 0. The molecule has 3 heterocycles. The van der Waals surface area contributed by atoms with Gasteiger partial charge in [-0.05, 0) is 83.9 Å². The van der Waals surface area contributed by atoms with Crippen molar-refractivity contribution in [3.8, 4) is 28.2 Å².